The van der Waals surface area contributed by atoms with Gasteiger partial charge in [-0.25, -0.2) is 9.18 Å². The van der Waals surface area contributed by atoms with Crippen molar-refractivity contribution in [1.82, 2.24) is 10.2 Å². The Morgan fingerprint density at radius 2 is 1.71 bits per heavy atom. The molecule has 1 N–H and O–H groups in total. The number of imide groups is 1. The van der Waals surface area contributed by atoms with Crippen LogP contribution in [0.15, 0.2) is 66.7 Å². The third-order valence-electron chi connectivity index (χ3n) is 5.66. The number of likely N-dealkylation sites (N-methyl/N-ethyl adjacent to an activating group) is 1. The molecule has 4 rings (SSSR count). The number of nitrogens with one attached hydrogen (secondary N) is 1. The van der Waals surface area contributed by atoms with Crippen LogP contribution in [0.25, 0.3) is 10.8 Å². The summed E-state index contributed by atoms with van der Waals surface area (Å²) in [6.45, 7) is 3.19. The van der Waals surface area contributed by atoms with Gasteiger partial charge in [-0.2, -0.15) is 0 Å². The van der Waals surface area contributed by atoms with Crippen LogP contribution in [0.4, 0.5) is 14.9 Å². The molecule has 0 saturated carbocycles. The first-order chi connectivity index (χ1) is 14.9. The Morgan fingerprint density at radius 3 is 2.45 bits per heavy atom. The van der Waals surface area contributed by atoms with Gasteiger partial charge in [-0.3, -0.25) is 14.5 Å². The molecule has 0 bridgehead atoms. The van der Waals surface area contributed by atoms with Crippen LogP contribution < -0.4 is 10.2 Å². The number of nitrogens with zero attached hydrogens (tertiary/aromatic N) is 2. The van der Waals surface area contributed by atoms with E-state index in [0.29, 0.717) is 12.2 Å². The maximum absolute atomic E-state index is 14.3. The van der Waals surface area contributed by atoms with Crippen LogP contribution in [-0.2, 0) is 15.1 Å². The molecule has 6 nitrogen and oxygen atoms in total. The average Bonchev–Trinajstić information content (AvgIpc) is 2.98. The van der Waals surface area contributed by atoms with Crippen LogP contribution in [-0.4, -0.2) is 35.8 Å². The molecule has 0 aromatic heterocycles. The van der Waals surface area contributed by atoms with E-state index in [1.54, 1.807) is 11.0 Å². The molecule has 1 fully saturated rings. The van der Waals surface area contributed by atoms with E-state index in [-0.39, 0.29) is 5.56 Å². The number of anilines is 1. The fraction of sp³-hybridized carbons (Fsp3) is 0.208. The number of hydrogen-bond acceptors (Lipinski definition) is 3. The van der Waals surface area contributed by atoms with Crippen LogP contribution in [0.2, 0.25) is 0 Å². The molecule has 1 aliphatic rings. The Kier molecular flexibility index (Phi) is 5.19. The number of carbonyl (C=O) groups is 3. The lowest BCUT2D eigenvalue weighted by Gasteiger charge is -2.25. The third-order valence-corrected chi connectivity index (χ3v) is 5.66. The van der Waals surface area contributed by atoms with Gasteiger partial charge in [0.1, 0.15) is 17.9 Å². The highest BCUT2D eigenvalue weighted by molar-refractivity contribution is 6.11. The lowest BCUT2D eigenvalue weighted by molar-refractivity contribution is -0.134. The first-order valence-electron chi connectivity index (χ1n) is 10.0. The SMILES string of the molecule is CCN(C(=O)CN1C(=O)NC(C)(c2ccccc2F)C1=O)c1cccc2ccccc12. The Hall–Kier alpha value is -3.74. The van der Waals surface area contributed by atoms with E-state index in [1.165, 1.54) is 25.1 Å². The molecule has 1 unspecified atom stereocenters. The molecule has 158 valence electrons. The van der Waals surface area contributed by atoms with Gasteiger partial charge < -0.3 is 10.2 Å². The second-order valence-electron chi connectivity index (χ2n) is 7.56. The second kappa shape index (κ2) is 7.83. The quantitative estimate of drug-likeness (QED) is 0.640. The summed E-state index contributed by atoms with van der Waals surface area (Å²) >= 11 is 0. The van der Waals surface area contributed by atoms with Gasteiger partial charge in [0, 0.05) is 17.5 Å². The van der Waals surface area contributed by atoms with Crippen molar-refractivity contribution in [3.05, 3.63) is 78.1 Å². The second-order valence-corrected chi connectivity index (χ2v) is 7.56. The van der Waals surface area contributed by atoms with Gasteiger partial charge in [-0.1, -0.05) is 54.6 Å². The summed E-state index contributed by atoms with van der Waals surface area (Å²) in [5, 5.41) is 4.42. The zero-order chi connectivity index (χ0) is 22.2. The summed E-state index contributed by atoms with van der Waals surface area (Å²) in [6, 6.07) is 18.4. The molecule has 31 heavy (non-hydrogen) atoms. The van der Waals surface area contributed by atoms with Crippen molar-refractivity contribution >= 4 is 34.3 Å². The van der Waals surface area contributed by atoms with Crippen LogP contribution >= 0.6 is 0 Å². The molecule has 1 saturated heterocycles. The fourth-order valence-corrected chi connectivity index (χ4v) is 4.04. The number of carbonyl (C=O) groups excluding carboxylic acids is 3. The average molecular weight is 419 g/mol. The summed E-state index contributed by atoms with van der Waals surface area (Å²) in [6.07, 6.45) is 0. The normalized spacial score (nSPS) is 18.4. The zero-order valence-electron chi connectivity index (χ0n) is 17.3. The molecule has 0 aliphatic carbocycles. The molecule has 3 aromatic rings. The topological polar surface area (TPSA) is 69.7 Å². The van der Waals surface area contributed by atoms with Crippen LogP contribution in [0.1, 0.15) is 19.4 Å². The smallest absolute Gasteiger partial charge is 0.319 e. The molecule has 1 heterocycles. The monoisotopic (exact) mass is 419 g/mol. The Labute approximate surface area is 179 Å². The van der Waals surface area contributed by atoms with Crippen molar-refractivity contribution < 1.29 is 18.8 Å². The van der Waals surface area contributed by atoms with Gasteiger partial charge in [0.25, 0.3) is 5.91 Å². The van der Waals surface area contributed by atoms with Crippen LogP contribution in [0.3, 0.4) is 0 Å². The van der Waals surface area contributed by atoms with Crippen LogP contribution in [0.5, 0.6) is 0 Å². The first-order valence-corrected chi connectivity index (χ1v) is 10.0. The van der Waals surface area contributed by atoms with E-state index in [9.17, 15) is 18.8 Å². The summed E-state index contributed by atoms with van der Waals surface area (Å²) in [5.74, 6) is -1.66. The van der Waals surface area contributed by atoms with Crippen molar-refractivity contribution in [1.29, 1.82) is 0 Å². The number of halogens is 1. The Balaban J connectivity index is 1.62. The van der Waals surface area contributed by atoms with E-state index >= 15 is 0 Å². The van der Waals surface area contributed by atoms with Crippen molar-refractivity contribution in [3.63, 3.8) is 0 Å². The molecule has 7 heteroatoms. The number of benzene rings is 3. The Morgan fingerprint density at radius 1 is 1.03 bits per heavy atom. The van der Waals surface area contributed by atoms with Gasteiger partial charge in [0.15, 0.2) is 0 Å². The lowest BCUT2D eigenvalue weighted by atomic mass is 9.91. The molecular formula is C24H22FN3O3. The van der Waals surface area contributed by atoms with E-state index < -0.39 is 35.7 Å². The predicted molar refractivity (Wildman–Crippen MR) is 116 cm³/mol. The van der Waals surface area contributed by atoms with E-state index in [2.05, 4.69) is 5.32 Å². The van der Waals surface area contributed by atoms with E-state index in [0.717, 1.165) is 15.7 Å². The fourth-order valence-electron chi connectivity index (χ4n) is 4.04. The highest BCUT2D eigenvalue weighted by atomic mass is 19.1. The zero-order valence-corrected chi connectivity index (χ0v) is 17.3. The number of urea groups is 1. The van der Waals surface area contributed by atoms with Gasteiger partial charge in [-0.05, 0) is 31.4 Å². The molecule has 0 radical (unpaired) electrons. The molecule has 4 amide bonds. The molecule has 3 aromatic carbocycles. The maximum atomic E-state index is 14.3. The van der Waals surface area contributed by atoms with Gasteiger partial charge in [0.05, 0.1) is 5.69 Å². The summed E-state index contributed by atoms with van der Waals surface area (Å²) in [7, 11) is 0. The van der Waals surface area contributed by atoms with E-state index in [4.69, 9.17) is 0 Å². The van der Waals surface area contributed by atoms with E-state index in [1.807, 2.05) is 49.4 Å². The molecular weight excluding hydrogens is 397 g/mol. The minimum absolute atomic E-state index is 0.0599. The molecule has 0 spiro atoms. The molecule has 1 atom stereocenters. The molecule has 1 aliphatic heterocycles. The lowest BCUT2D eigenvalue weighted by Crippen LogP contribution is -2.45. The summed E-state index contributed by atoms with van der Waals surface area (Å²) in [5.41, 5.74) is -0.807. The van der Waals surface area contributed by atoms with Crippen molar-refractivity contribution in [2.45, 2.75) is 19.4 Å². The summed E-state index contributed by atoms with van der Waals surface area (Å²) < 4.78 is 14.3. The third kappa shape index (κ3) is 3.42. The van der Waals surface area contributed by atoms with Gasteiger partial charge >= 0.3 is 6.03 Å². The number of amides is 4. The number of fused-ring (bicyclic) bond motifs is 1. The standard InChI is InChI=1S/C24H22FN3O3/c1-3-27(20-14-8-10-16-9-4-5-11-17(16)20)21(29)15-28-22(30)24(2,26-23(28)31)18-12-6-7-13-19(18)25/h4-14H,3,15H2,1-2H3,(H,26,31). The highest BCUT2D eigenvalue weighted by Gasteiger charge is 2.50. The van der Waals surface area contributed by atoms with Crippen LogP contribution in [0, 0.1) is 5.82 Å². The highest BCUT2D eigenvalue weighted by Crippen LogP contribution is 2.31. The largest absolute Gasteiger partial charge is 0.325 e. The van der Waals surface area contributed by atoms with Gasteiger partial charge in [-0.15, -0.1) is 0 Å². The Bertz CT molecular complexity index is 1190. The van der Waals surface area contributed by atoms with Crippen molar-refractivity contribution in [2.24, 2.45) is 0 Å². The maximum Gasteiger partial charge on any atom is 0.325 e. The minimum Gasteiger partial charge on any atom is -0.319 e. The predicted octanol–water partition coefficient (Wildman–Crippen LogP) is 3.80. The van der Waals surface area contributed by atoms with Crippen molar-refractivity contribution in [3.8, 4) is 0 Å². The number of rotatable bonds is 5. The first kappa shape index (κ1) is 20.5. The minimum atomic E-state index is -1.57. The van der Waals surface area contributed by atoms with Crippen molar-refractivity contribution in [2.75, 3.05) is 18.0 Å². The summed E-state index contributed by atoms with van der Waals surface area (Å²) in [4.78, 5) is 41.2. The van der Waals surface area contributed by atoms with Gasteiger partial charge in [0.2, 0.25) is 5.91 Å². The number of hydrogen-bond donors (Lipinski definition) is 1.